The van der Waals surface area contributed by atoms with Gasteiger partial charge in [-0.3, -0.25) is 10.1 Å². The van der Waals surface area contributed by atoms with Gasteiger partial charge in [0.15, 0.2) is 0 Å². The topological polar surface area (TPSA) is 65.3 Å². The van der Waals surface area contributed by atoms with Crippen LogP contribution in [-0.2, 0) is 0 Å². The van der Waals surface area contributed by atoms with E-state index in [0.717, 1.165) is 6.20 Å². The number of halogens is 1. The van der Waals surface area contributed by atoms with Crippen molar-refractivity contribution < 1.29 is 9.66 Å². The van der Waals surface area contributed by atoms with E-state index in [1.54, 1.807) is 24.3 Å². The van der Waals surface area contributed by atoms with Crippen LogP contribution >= 0.6 is 11.6 Å². The summed E-state index contributed by atoms with van der Waals surface area (Å²) in [6.45, 7) is 0. The van der Waals surface area contributed by atoms with Gasteiger partial charge in [-0.1, -0.05) is 29.8 Å². The zero-order valence-corrected chi connectivity index (χ0v) is 9.29. The third-order valence-electron chi connectivity index (χ3n) is 1.96. The number of benzene rings is 1. The van der Waals surface area contributed by atoms with Crippen LogP contribution in [0.4, 0.5) is 5.69 Å². The lowest BCUT2D eigenvalue weighted by atomic mass is 10.3. The van der Waals surface area contributed by atoms with E-state index in [9.17, 15) is 10.1 Å². The van der Waals surface area contributed by atoms with E-state index >= 15 is 0 Å². The smallest absolute Gasteiger partial charge is 0.289 e. The Hall–Kier alpha value is -2.14. The summed E-state index contributed by atoms with van der Waals surface area (Å²) in [6, 6.07) is 10.1. The summed E-state index contributed by atoms with van der Waals surface area (Å²) in [5.74, 6) is 0.708. The van der Waals surface area contributed by atoms with Gasteiger partial charge in [0.25, 0.3) is 5.69 Å². The quantitative estimate of drug-likeness (QED) is 0.618. The number of rotatable bonds is 3. The highest BCUT2D eigenvalue weighted by atomic mass is 35.5. The molecule has 0 fully saturated rings. The normalized spacial score (nSPS) is 9.94. The number of aromatic nitrogens is 1. The molecule has 0 aliphatic heterocycles. The highest BCUT2D eigenvalue weighted by Crippen LogP contribution is 2.29. The minimum atomic E-state index is -0.564. The summed E-state index contributed by atoms with van der Waals surface area (Å²) in [7, 11) is 0. The van der Waals surface area contributed by atoms with Gasteiger partial charge in [0.1, 0.15) is 17.0 Å². The van der Waals surface area contributed by atoms with Crippen LogP contribution in [-0.4, -0.2) is 9.91 Å². The number of ether oxygens (including phenoxy) is 1. The molecule has 0 spiro atoms. The summed E-state index contributed by atoms with van der Waals surface area (Å²) in [5, 5.41) is 10.6. The molecule has 0 bridgehead atoms. The molecule has 6 heteroatoms. The molecule has 0 N–H and O–H groups in total. The Labute approximate surface area is 102 Å². The molecule has 1 aromatic heterocycles. The van der Waals surface area contributed by atoms with E-state index in [1.165, 1.54) is 6.07 Å². The van der Waals surface area contributed by atoms with Crippen molar-refractivity contribution in [2.45, 2.75) is 0 Å². The Morgan fingerprint density at radius 2 is 2.00 bits per heavy atom. The predicted octanol–water partition coefficient (Wildman–Crippen LogP) is 3.44. The molecule has 1 heterocycles. The zero-order valence-electron chi connectivity index (χ0n) is 8.54. The molecule has 0 radical (unpaired) electrons. The average molecular weight is 251 g/mol. The van der Waals surface area contributed by atoms with Crippen LogP contribution < -0.4 is 4.74 Å². The monoisotopic (exact) mass is 250 g/mol. The van der Waals surface area contributed by atoms with Crippen molar-refractivity contribution in [1.29, 1.82) is 0 Å². The van der Waals surface area contributed by atoms with E-state index in [4.69, 9.17) is 16.3 Å². The molecule has 2 rings (SSSR count). The Balaban J connectivity index is 2.26. The molecule has 0 aliphatic rings. The zero-order chi connectivity index (χ0) is 12.3. The second kappa shape index (κ2) is 4.80. The van der Waals surface area contributed by atoms with Gasteiger partial charge < -0.3 is 4.74 Å². The molecule has 0 amide bonds. The Morgan fingerprint density at radius 1 is 1.29 bits per heavy atom. The largest absolute Gasteiger partial charge is 0.438 e. The molecule has 0 atom stereocenters. The predicted molar refractivity (Wildman–Crippen MR) is 62.4 cm³/mol. The molecule has 0 saturated heterocycles. The molecule has 0 unspecified atom stereocenters. The first-order valence-corrected chi connectivity index (χ1v) is 5.07. The lowest BCUT2D eigenvalue weighted by Crippen LogP contribution is -1.92. The van der Waals surface area contributed by atoms with Crippen molar-refractivity contribution in [3.63, 3.8) is 0 Å². The summed E-state index contributed by atoms with van der Waals surface area (Å²) in [4.78, 5) is 13.7. The van der Waals surface area contributed by atoms with Crippen molar-refractivity contribution in [1.82, 2.24) is 4.98 Å². The molecule has 5 nitrogen and oxygen atoms in total. The molecule has 0 saturated carbocycles. The van der Waals surface area contributed by atoms with Crippen LogP contribution in [0.2, 0.25) is 5.02 Å². The molecule has 0 aliphatic carbocycles. The van der Waals surface area contributed by atoms with E-state index in [1.807, 2.05) is 6.07 Å². The van der Waals surface area contributed by atoms with Gasteiger partial charge in [-0.25, -0.2) is 4.98 Å². The first-order chi connectivity index (χ1) is 8.16. The number of nitro groups is 1. The number of hydrogen-bond acceptors (Lipinski definition) is 4. The van der Waals surface area contributed by atoms with Crippen LogP contribution in [0.15, 0.2) is 42.6 Å². The SMILES string of the molecule is O=[N+]([O-])c1cnc(Oc2ccccc2)c(Cl)c1. The van der Waals surface area contributed by atoms with Gasteiger partial charge in [0.2, 0.25) is 5.88 Å². The summed E-state index contributed by atoms with van der Waals surface area (Å²) in [6.07, 6.45) is 1.10. The Kier molecular flexibility index (Phi) is 3.20. The fourth-order valence-corrected chi connectivity index (χ4v) is 1.39. The summed E-state index contributed by atoms with van der Waals surface area (Å²) >= 11 is 5.83. The van der Waals surface area contributed by atoms with Crippen molar-refractivity contribution in [3.05, 3.63) is 57.7 Å². The van der Waals surface area contributed by atoms with Crippen LogP contribution in [0.3, 0.4) is 0 Å². The van der Waals surface area contributed by atoms with Gasteiger partial charge in [-0.2, -0.15) is 0 Å². The molecule has 2 aromatic rings. The van der Waals surface area contributed by atoms with Crippen molar-refractivity contribution in [2.24, 2.45) is 0 Å². The van der Waals surface area contributed by atoms with Gasteiger partial charge in [-0.15, -0.1) is 0 Å². The third kappa shape index (κ3) is 2.70. The average Bonchev–Trinajstić information content (AvgIpc) is 2.33. The van der Waals surface area contributed by atoms with E-state index < -0.39 is 4.92 Å². The van der Waals surface area contributed by atoms with Gasteiger partial charge in [0, 0.05) is 6.07 Å². The molecule has 1 aromatic carbocycles. The van der Waals surface area contributed by atoms with Gasteiger partial charge >= 0.3 is 0 Å². The number of nitrogens with zero attached hydrogens (tertiary/aromatic N) is 2. The number of pyridine rings is 1. The fraction of sp³-hybridized carbons (Fsp3) is 0. The molecular weight excluding hydrogens is 244 g/mol. The minimum Gasteiger partial charge on any atom is -0.438 e. The minimum absolute atomic E-state index is 0.100. The molecule has 86 valence electrons. The van der Waals surface area contributed by atoms with Gasteiger partial charge in [-0.05, 0) is 12.1 Å². The number of para-hydroxylation sites is 1. The lowest BCUT2D eigenvalue weighted by molar-refractivity contribution is -0.385. The number of hydrogen-bond donors (Lipinski definition) is 0. The summed E-state index contributed by atoms with van der Waals surface area (Å²) < 4.78 is 5.38. The highest BCUT2D eigenvalue weighted by Gasteiger charge is 2.12. The van der Waals surface area contributed by atoms with Crippen LogP contribution in [0.25, 0.3) is 0 Å². The van der Waals surface area contributed by atoms with E-state index in [-0.39, 0.29) is 16.6 Å². The van der Waals surface area contributed by atoms with Crippen molar-refractivity contribution >= 4 is 17.3 Å². The third-order valence-corrected chi connectivity index (χ3v) is 2.23. The Bertz CT molecular complexity index is 546. The second-order valence-corrected chi connectivity index (χ2v) is 3.56. The molecule has 17 heavy (non-hydrogen) atoms. The van der Waals surface area contributed by atoms with Crippen molar-refractivity contribution in [3.8, 4) is 11.6 Å². The Morgan fingerprint density at radius 3 is 2.59 bits per heavy atom. The van der Waals surface area contributed by atoms with Crippen molar-refractivity contribution in [2.75, 3.05) is 0 Å². The standard InChI is InChI=1S/C11H7ClN2O3/c12-10-6-8(14(15)16)7-13-11(10)17-9-4-2-1-3-5-9/h1-7H. The first kappa shape index (κ1) is 11.3. The van der Waals surface area contributed by atoms with Crippen LogP contribution in [0, 0.1) is 10.1 Å². The second-order valence-electron chi connectivity index (χ2n) is 3.15. The van der Waals surface area contributed by atoms with Gasteiger partial charge in [0.05, 0.1) is 4.92 Å². The highest BCUT2D eigenvalue weighted by molar-refractivity contribution is 6.32. The lowest BCUT2D eigenvalue weighted by Gasteiger charge is -2.05. The van der Waals surface area contributed by atoms with Crippen LogP contribution in [0.1, 0.15) is 0 Å². The first-order valence-electron chi connectivity index (χ1n) is 4.69. The van der Waals surface area contributed by atoms with E-state index in [0.29, 0.717) is 5.75 Å². The fourth-order valence-electron chi connectivity index (χ4n) is 1.19. The van der Waals surface area contributed by atoms with Crippen LogP contribution in [0.5, 0.6) is 11.6 Å². The maximum atomic E-state index is 10.5. The van der Waals surface area contributed by atoms with E-state index in [2.05, 4.69) is 4.98 Å². The maximum Gasteiger partial charge on any atom is 0.289 e. The molecular formula is C11H7ClN2O3. The maximum absolute atomic E-state index is 10.5. The summed E-state index contributed by atoms with van der Waals surface area (Å²) in [5.41, 5.74) is -0.171.